The molecular formula is C27H33FN4O3. The quantitative estimate of drug-likeness (QED) is 0.624. The van der Waals surface area contributed by atoms with Crippen LogP contribution in [-0.2, 0) is 9.59 Å². The number of nitrogens with one attached hydrogen (secondary N) is 1. The van der Waals surface area contributed by atoms with Crippen molar-refractivity contribution in [2.45, 2.75) is 32.6 Å². The topological polar surface area (TPSA) is 73.0 Å². The zero-order valence-electron chi connectivity index (χ0n) is 20.2. The molecule has 0 radical (unpaired) electrons. The van der Waals surface area contributed by atoms with E-state index in [0.717, 1.165) is 31.4 Å². The van der Waals surface area contributed by atoms with Crippen LogP contribution in [0.2, 0.25) is 0 Å². The molecule has 2 aromatic carbocycles. The lowest BCUT2D eigenvalue weighted by molar-refractivity contribution is -0.140. The second kappa shape index (κ2) is 11.3. The maximum absolute atomic E-state index is 14.0. The van der Waals surface area contributed by atoms with Gasteiger partial charge in [0.05, 0.1) is 12.1 Å². The molecule has 8 heteroatoms. The minimum Gasteiger partial charge on any atom is -0.368 e. The number of halogens is 1. The van der Waals surface area contributed by atoms with Crippen molar-refractivity contribution < 1.29 is 18.8 Å². The van der Waals surface area contributed by atoms with Crippen LogP contribution in [0.5, 0.6) is 0 Å². The van der Waals surface area contributed by atoms with Crippen LogP contribution in [0.4, 0.5) is 15.8 Å². The average Bonchev–Trinajstić information content (AvgIpc) is 2.83. The van der Waals surface area contributed by atoms with Crippen LogP contribution in [0, 0.1) is 11.7 Å². The van der Waals surface area contributed by atoms with Crippen molar-refractivity contribution in [2.24, 2.45) is 5.92 Å². The van der Waals surface area contributed by atoms with Crippen molar-refractivity contribution >= 4 is 29.1 Å². The average molecular weight is 481 g/mol. The molecule has 0 bridgehead atoms. The van der Waals surface area contributed by atoms with Gasteiger partial charge in [-0.15, -0.1) is 0 Å². The molecule has 2 aromatic rings. The summed E-state index contributed by atoms with van der Waals surface area (Å²) in [6.07, 6.45) is 3.76. The molecular weight excluding hydrogens is 447 g/mol. The third-order valence-corrected chi connectivity index (χ3v) is 6.78. The summed E-state index contributed by atoms with van der Waals surface area (Å²) < 4.78 is 14.0. The lowest BCUT2D eigenvalue weighted by Crippen LogP contribution is -2.49. The van der Waals surface area contributed by atoms with Crippen LogP contribution in [0.3, 0.4) is 0 Å². The van der Waals surface area contributed by atoms with Gasteiger partial charge in [0, 0.05) is 50.0 Å². The zero-order chi connectivity index (χ0) is 24.8. The van der Waals surface area contributed by atoms with E-state index in [0.29, 0.717) is 38.4 Å². The SMILES string of the molecule is CCCN(CC(=O)Nc1ccc(N2CCN(C(=O)c3ccccc3F)CC2)cc1)C(=O)C1CCC1. The smallest absolute Gasteiger partial charge is 0.256 e. The molecule has 3 amide bonds. The van der Waals surface area contributed by atoms with Gasteiger partial charge in [-0.05, 0) is 55.7 Å². The highest BCUT2D eigenvalue weighted by molar-refractivity contribution is 5.95. The fourth-order valence-electron chi connectivity index (χ4n) is 4.55. The number of rotatable bonds is 8. The summed E-state index contributed by atoms with van der Waals surface area (Å²) in [7, 11) is 0. The van der Waals surface area contributed by atoms with E-state index in [-0.39, 0.29) is 35.7 Å². The maximum Gasteiger partial charge on any atom is 0.256 e. The van der Waals surface area contributed by atoms with E-state index >= 15 is 0 Å². The van der Waals surface area contributed by atoms with E-state index in [1.165, 1.54) is 12.1 Å². The normalized spacial score (nSPS) is 15.9. The van der Waals surface area contributed by atoms with Gasteiger partial charge < -0.3 is 20.0 Å². The Hall–Kier alpha value is -3.42. The van der Waals surface area contributed by atoms with E-state index in [9.17, 15) is 18.8 Å². The van der Waals surface area contributed by atoms with Gasteiger partial charge in [0.2, 0.25) is 11.8 Å². The van der Waals surface area contributed by atoms with E-state index in [1.54, 1.807) is 21.9 Å². The summed E-state index contributed by atoms with van der Waals surface area (Å²) >= 11 is 0. The minimum absolute atomic E-state index is 0.0723. The Labute approximate surface area is 205 Å². The summed E-state index contributed by atoms with van der Waals surface area (Å²) in [5, 5.41) is 2.90. The van der Waals surface area contributed by atoms with Gasteiger partial charge in [-0.1, -0.05) is 25.5 Å². The summed E-state index contributed by atoms with van der Waals surface area (Å²) in [5.74, 6) is -0.803. The molecule has 186 valence electrons. The Balaban J connectivity index is 1.28. The summed E-state index contributed by atoms with van der Waals surface area (Å²) in [6.45, 7) is 4.97. The lowest BCUT2D eigenvalue weighted by Gasteiger charge is -2.36. The molecule has 1 N–H and O–H groups in total. The molecule has 1 saturated heterocycles. The molecule has 1 aliphatic carbocycles. The highest BCUT2D eigenvalue weighted by Crippen LogP contribution is 2.28. The van der Waals surface area contributed by atoms with Crippen molar-refractivity contribution in [3.8, 4) is 0 Å². The number of anilines is 2. The monoisotopic (exact) mass is 480 g/mol. The third kappa shape index (κ3) is 5.99. The maximum atomic E-state index is 14.0. The lowest BCUT2D eigenvalue weighted by atomic mass is 9.84. The first kappa shape index (κ1) is 24.7. The molecule has 1 heterocycles. The molecule has 0 spiro atoms. The first-order valence-corrected chi connectivity index (χ1v) is 12.4. The van der Waals surface area contributed by atoms with E-state index in [1.807, 2.05) is 31.2 Å². The highest BCUT2D eigenvalue weighted by Gasteiger charge is 2.30. The molecule has 0 unspecified atom stereocenters. The Kier molecular flexibility index (Phi) is 8.00. The Morgan fingerprint density at radius 2 is 1.69 bits per heavy atom. The second-order valence-electron chi connectivity index (χ2n) is 9.24. The zero-order valence-corrected chi connectivity index (χ0v) is 20.2. The van der Waals surface area contributed by atoms with Gasteiger partial charge in [0.1, 0.15) is 5.82 Å². The molecule has 2 aliphatic rings. The van der Waals surface area contributed by atoms with Crippen LogP contribution < -0.4 is 10.2 Å². The second-order valence-corrected chi connectivity index (χ2v) is 9.24. The largest absolute Gasteiger partial charge is 0.368 e. The van der Waals surface area contributed by atoms with E-state index < -0.39 is 5.82 Å². The van der Waals surface area contributed by atoms with Crippen LogP contribution in [0.15, 0.2) is 48.5 Å². The highest BCUT2D eigenvalue weighted by atomic mass is 19.1. The van der Waals surface area contributed by atoms with Crippen molar-refractivity contribution in [1.82, 2.24) is 9.80 Å². The van der Waals surface area contributed by atoms with Crippen molar-refractivity contribution in [1.29, 1.82) is 0 Å². The molecule has 0 aromatic heterocycles. The molecule has 35 heavy (non-hydrogen) atoms. The molecule has 1 aliphatic heterocycles. The fourth-order valence-corrected chi connectivity index (χ4v) is 4.55. The predicted octanol–water partition coefficient (Wildman–Crippen LogP) is 3.77. The molecule has 4 rings (SSSR count). The van der Waals surface area contributed by atoms with Crippen molar-refractivity contribution in [2.75, 3.05) is 49.5 Å². The number of carbonyl (C=O) groups excluding carboxylic acids is 3. The molecule has 1 saturated carbocycles. The summed E-state index contributed by atoms with van der Waals surface area (Å²) in [4.78, 5) is 43.3. The summed E-state index contributed by atoms with van der Waals surface area (Å²) in [6, 6.07) is 13.6. The third-order valence-electron chi connectivity index (χ3n) is 6.78. The fraction of sp³-hybridized carbons (Fsp3) is 0.444. The number of hydrogen-bond acceptors (Lipinski definition) is 4. The number of piperazine rings is 1. The molecule has 2 fully saturated rings. The minimum atomic E-state index is -0.497. The van der Waals surface area contributed by atoms with Crippen molar-refractivity contribution in [3.63, 3.8) is 0 Å². The standard InChI is InChI=1S/C27H33FN4O3/c1-2-14-32(26(34)20-6-5-7-20)19-25(33)29-21-10-12-22(13-11-21)30-15-17-31(18-16-30)27(35)23-8-3-4-9-24(23)28/h3-4,8-13,20H,2,5-7,14-19H2,1H3,(H,29,33). The number of carbonyl (C=O) groups is 3. The molecule has 0 atom stereocenters. The summed E-state index contributed by atoms with van der Waals surface area (Å²) in [5.41, 5.74) is 1.78. The van der Waals surface area contributed by atoms with E-state index in [2.05, 4.69) is 10.2 Å². The van der Waals surface area contributed by atoms with Gasteiger partial charge >= 0.3 is 0 Å². The number of benzene rings is 2. The number of nitrogens with zero attached hydrogens (tertiary/aromatic N) is 3. The Morgan fingerprint density at radius 3 is 2.29 bits per heavy atom. The number of hydrogen-bond donors (Lipinski definition) is 1. The van der Waals surface area contributed by atoms with Crippen LogP contribution in [0.25, 0.3) is 0 Å². The Bertz CT molecular complexity index is 1050. The predicted molar refractivity (Wildman–Crippen MR) is 134 cm³/mol. The van der Waals surface area contributed by atoms with Crippen molar-refractivity contribution in [3.05, 3.63) is 59.9 Å². The van der Waals surface area contributed by atoms with Gasteiger partial charge in [0.15, 0.2) is 0 Å². The van der Waals surface area contributed by atoms with Gasteiger partial charge in [-0.3, -0.25) is 14.4 Å². The van der Waals surface area contributed by atoms with Crippen LogP contribution in [-0.4, -0.2) is 66.8 Å². The first-order valence-electron chi connectivity index (χ1n) is 12.4. The van der Waals surface area contributed by atoms with E-state index in [4.69, 9.17) is 0 Å². The first-order chi connectivity index (χ1) is 17.0. The van der Waals surface area contributed by atoms with Gasteiger partial charge in [-0.2, -0.15) is 0 Å². The van der Waals surface area contributed by atoms with Gasteiger partial charge in [-0.25, -0.2) is 4.39 Å². The Morgan fingerprint density at radius 1 is 1.00 bits per heavy atom. The van der Waals surface area contributed by atoms with Crippen LogP contribution >= 0.6 is 0 Å². The van der Waals surface area contributed by atoms with Crippen LogP contribution in [0.1, 0.15) is 43.0 Å². The van der Waals surface area contributed by atoms with Gasteiger partial charge in [0.25, 0.3) is 5.91 Å². The number of amides is 3. The molecule has 7 nitrogen and oxygen atoms in total.